The van der Waals surface area contributed by atoms with Crippen molar-refractivity contribution in [2.24, 2.45) is 4.40 Å². The second kappa shape index (κ2) is 9.41. The molecule has 0 aliphatic heterocycles. The van der Waals surface area contributed by atoms with Crippen molar-refractivity contribution >= 4 is 39.6 Å². The minimum atomic E-state index is 0.124. The van der Waals surface area contributed by atoms with E-state index in [4.69, 9.17) is 4.74 Å². The summed E-state index contributed by atoms with van der Waals surface area (Å²) in [5, 5.41) is 1.23. The van der Waals surface area contributed by atoms with Crippen LogP contribution in [0.2, 0.25) is 0 Å². The van der Waals surface area contributed by atoms with Gasteiger partial charge in [-0.25, -0.2) is 4.40 Å². The van der Waals surface area contributed by atoms with E-state index in [0.717, 1.165) is 12.3 Å². The Hall–Kier alpha value is -1.69. The third kappa shape index (κ3) is 6.14. The summed E-state index contributed by atoms with van der Waals surface area (Å²) in [7, 11) is 0. The third-order valence-electron chi connectivity index (χ3n) is 4.38. The Kier molecular flexibility index (Phi) is 7.14. The molecule has 0 saturated heterocycles. The van der Waals surface area contributed by atoms with Gasteiger partial charge in [0.05, 0.1) is 24.6 Å². The van der Waals surface area contributed by atoms with E-state index in [1.54, 1.807) is 23.3 Å². The second-order valence-corrected chi connectivity index (χ2v) is 11.3. The molecule has 2 aromatic heterocycles. The number of hydrogen-bond donors (Lipinski definition) is 0. The van der Waals surface area contributed by atoms with E-state index in [1.807, 2.05) is 12.4 Å². The SMILES string of the molecule is CC(C)OCC(C)c1ccnc(-c2cccc3cc(/C=N/SC(C)(C)C)sc23)c1. The number of aromatic nitrogens is 1. The van der Waals surface area contributed by atoms with E-state index in [2.05, 4.69) is 87.3 Å². The van der Waals surface area contributed by atoms with E-state index < -0.39 is 0 Å². The molecule has 0 radical (unpaired) electrons. The molecule has 0 aliphatic carbocycles. The predicted molar refractivity (Wildman–Crippen MR) is 129 cm³/mol. The van der Waals surface area contributed by atoms with Gasteiger partial charge in [-0.15, -0.1) is 11.3 Å². The molecule has 0 saturated carbocycles. The topological polar surface area (TPSA) is 34.5 Å². The van der Waals surface area contributed by atoms with Crippen LogP contribution in [0.25, 0.3) is 21.3 Å². The fraction of sp³-hybridized carbons (Fsp3) is 0.417. The standard InChI is InChI=1S/C24H30N2OS2/c1-16(2)27-15-17(3)18-10-11-25-22(13-18)21-9-7-8-19-12-20(28-23(19)21)14-26-29-24(4,5)6/h7-14,16-17H,15H2,1-6H3/b26-14+. The average Bonchev–Trinajstić information content (AvgIpc) is 3.08. The molecule has 0 N–H and O–H groups in total. The van der Waals surface area contributed by atoms with Gasteiger partial charge in [-0.3, -0.25) is 4.98 Å². The normalized spacial score (nSPS) is 13.6. The Bertz CT molecular complexity index is 986. The van der Waals surface area contributed by atoms with Crippen molar-refractivity contribution in [2.75, 3.05) is 6.61 Å². The van der Waals surface area contributed by atoms with Crippen LogP contribution < -0.4 is 0 Å². The van der Waals surface area contributed by atoms with Crippen molar-refractivity contribution in [2.45, 2.75) is 58.3 Å². The van der Waals surface area contributed by atoms with Crippen LogP contribution in [0.3, 0.4) is 0 Å². The molecular weight excluding hydrogens is 396 g/mol. The molecular formula is C24H30N2OS2. The zero-order valence-corrected chi connectivity index (χ0v) is 19.7. The highest BCUT2D eigenvalue weighted by atomic mass is 32.2. The van der Waals surface area contributed by atoms with Gasteiger partial charge in [-0.05, 0) is 75.7 Å². The number of nitrogens with zero attached hydrogens (tertiary/aromatic N) is 2. The first-order chi connectivity index (χ1) is 13.7. The average molecular weight is 427 g/mol. The zero-order chi connectivity index (χ0) is 21.0. The lowest BCUT2D eigenvalue weighted by molar-refractivity contribution is 0.0702. The van der Waals surface area contributed by atoms with E-state index in [-0.39, 0.29) is 10.9 Å². The zero-order valence-electron chi connectivity index (χ0n) is 18.1. The molecule has 3 nitrogen and oxygen atoms in total. The van der Waals surface area contributed by atoms with Crippen molar-refractivity contribution < 1.29 is 4.74 Å². The molecule has 1 aromatic carbocycles. The Labute approximate surface area is 182 Å². The lowest BCUT2D eigenvalue weighted by Crippen LogP contribution is -2.10. The minimum Gasteiger partial charge on any atom is -0.378 e. The number of thiophene rings is 1. The van der Waals surface area contributed by atoms with Gasteiger partial charge in [0.25, 0.3) is 0 Å². The van der Waals surface area contributed by atoms with Gasteiger partial charge < -0.3 is 4.74 Å². The summed E-state index contributed by atoms with van der Waals surface area (Å²) in [6.45, 7) is 13.6. The van der Waals surface area contributed by atoms with E-state index in [9.17, 15) is 0 Å². The molecule has 29 heavy (non-hydrogen) atoms. The van der Waals surface area contributed by atoms with Crippen molar-refractivity contribution in [3.05, 3.63) is 53.0 Å². The van der Waals surface area contributed by atoms with Gasteiger partial charge in [0.2, 0.25) is 0 Å². The van der Waals surface area contributed by atoms with Crippen LogP contribution in [0.5, 0.6) is 0 Å². The summed E-state index contributed by atoms with van der Waals surface area (Å²) < 4.78 is 11.7. The summed E-state index contributed by atoms with van der Waals surface area (Å²) in [6, 6.07) is 12.9. The van der Waals surface area contributed by atoms with Gasteiger partial charge in [0.1, 0.15) is 0 Å². The molecule has 0 bridgehead atoms. The smallest absolute Gasteiger partial charge is 0.0719 e. The van der Waals surface area contributed by atoms with E-state index in [1.165, 1.54) is 26.1 Å². The first-order valence-corrected chi connectivity index (χ1v) is 11.6. The molecule has 1 atom stereocenters. The number of fused-ring (bicyclic) bond motifs is 1. The highest BCUT2D eigenvalue weighted by molar-refractivity contribution is 7.99. The van der Waals surface area contributed by atoms with Gasteiger partial charge >= 0.3 is 0 Å². The summed E-state index contributed by atoms with van der Waals surface area (Å²) in [4.78, 5) is 5.84. The molecule has 154 valence electrons. The molecule has 3 rings (SSSR count). The molecule has 1 unspecified atom stereocenters. The van der Waals surface area contributed by atoms with Crippen molar-refractivity contribution in [1.82, 2.24) is 4.98 Å². The summed E-state index contributed by atoms with van der Waals surface area (Å²) in [6.07, 6.45) is 4.13. The fourth-order valence-corrected chi connectivity index (χ4v) is 4.52. The molecule has 2 heterocycles. The monoisotopic (exact) mass is 426 g/mol. The maximum Gasteiger partial charge on any atom is 0.0719 e. The second-order valence-electron chi connectivity index (χ2n) is 8.57. The number of hydrogen-bond acceptors (Lipinski definition) is 5. The highest BCUT2D eigenvalue weighted by Gasteiger charge is 2.13. The quantitative estimate of drug-likeness (QED) is 0.292. The highest BCUT2D eigenvalue weighted by Crippen LogP contribution is 2.35. The van der Waals surface area contributed by atoms with Crippen LogP contribution in [-0.4, -0.2) is 28.7 Å². The Morgan fingerprint density at radius 3 is 2.69 bits per heavy atom. The first-order valence-electron chi connectivity index (χ1n) is 10.0. The number of pyridine rings is 1. The Morgan fingerprint density at radius 2 is 1.97 bits per heavy atom. The van der Waals surface area contributed by atoms with Crippen LogP contribution in [0.15, 0.2) is 47.0 Å². The number of benzene rings is 1. The molecule has 3 aromatic rings. The molecule has 0 spiro atoms. The van der Waals surface area contributed by atoms with Crippen LogP contribution in [0, 0.1) is 0 Å². The van der Waals surface area contributed by atoms with Crippen molar-refractivity contribution in [3.8, 4) is 11.3 Å². The fourth-order valence-electron chi connectivity index (χ4n) is 2.92. The van der Waals surface area contributed by atoms with Gasteiger partial charge in [-0.2, -0.15) is 0 Å². The number of rotatable bonds is 7. The van der Waals surface area contributed by atoms with Crippen molar-refractivity contribution in [1.29, 1.82) is 0 Å². The Morgan fingerprint density at radius 1 is 1.17 bits per heavy atom. The summed E-state index contributed by atoms with van der Waals surface area (Å²) in [5.41, 5.74) is 3.45. The largest absolute Gasteiger partial charge is 0.378 e. The predicted octanol–water partition coefficient (Wildman–Crippen LogP) is 7.36. The van der Waals surface area contributed by atoms with Gasteiger partial charge in [-0.1, -0.05) is 25.1 Å². The Balaban J connectivity index is 1.89. The maximum absolute atomic E-state index is 5.80. The van der Waals surface area contributed by atoms with Gasteiger partial charge in [0.15, 0.2) is 0 Å². The summed E-state index contributed by atoms with van der Waals surface area (Å²) >= 11 is 3.37. The summed E-state index contributed by atoms with van der Waals surface area (Å²) in [5.74, 6) is 0.332. The molecule has 0 fully saturated rings. The molecule has 0 aliphatic rings. The van der Waals surface area contributed by atoms with Gasteiger partial charge in [0, 0.05) is 32.0 Å². The van der Waals surface area contributed by atoms with Crippen molar-refractivity contribution in [3.63, 3.8) is 0 Å². The van der Waals surface area contributed by atoms with Crippen LogP contribution in [-0.2, 0) is 4.74 Å². The lowest BCUT2D eigenvalue weighted by Gasteiger charge is -2.15. The maximum atomic E-state index is 5.80. The van der Waals surface area contributed by atoms with Crippen LogP contribution in [0.4, 0.5) is 0 Å². The van der Waals surface area contributed by atoms with Crippen LogP contribution >= 0.6 is 23.3 Å². The van der Waals surface area contributed by atoms with E-state index >= 15 is 0 Å². The van der Waals surface area contributed by atoms with Crippen LogP contribution in [0.1, 0.15) is 57.9 Å². The van der Waals surface area contributed by atoms with E-state index in [0.29, 0.717) is 5.92 Å². The molecule has 5 heteroatoms. The molecule has 0 amide bonds. The third-order valence-corrected chi connectivity index (χ3v) is 6.26. The lowest BCUT2D eigenvalue weighted by atomic mass is 10.00. The number of ether oxygens (including phenoxy) is 1. The minimum absolute atomic E-state index is 0.124. The first kappa shape index (κ1) is 22.0.